The van der Waals surface area contributed by atoms with Gasteiger partial charge >= 0.3 is 0 Å². The fourth-order valence-electron chi connectivity index (χ4n) is 1.06. The first kappa shape index (κ1) is 13.0. The van der Waals surface area contributed by atoms with E-state index in [2.05, 4.69) is 0 Å². The number of rotatable bonds is 3. The van der Waals surface area contributed by atoms with Gasteiger partial charge in [0.15, 0.2) is 15.6 Å². The molecule has 0 aliphatic rings. The van der Waals surface area contributed by atoms with E-state index < -0.39 is 19.8 Å². The molecule has 0 amide bonds. The van der Waals surface area contributed by atoms with Crippen molar-refractivity contribution in [2.24, 2.45) is 0 Å². The molecule has 0 heterocycles. The summed E-state index contributed by atoms with van der Waals surface area (Å²) in [5, 5.41) is 0. The van der Waals surface area contributed by atoms with E-state index in [4.69, 9.17) is 17.3 Å². The molecule has 88 valence electrons. The Labute approximate surface area is 99.3 Å². The summed E-state index contributed by atoms with van der Waals surface area (Å²) in [7, 11) is -3.68. The fraction of sp³-hybridized carbons (Fsp3) is 0.300. The van der Waals surface area contributed by atoms with Gasteiger partial charge in [-0.05, 0) is 31.2 Å². The smallest absolute Gasteiger partial charge is 0.204 e. The third kappa shape index (κ3) is 2.36. The summed E-state index contributed by atoms with van der Waals surface area (Å²) in [5.41, 5.74) is 6.17. The van der Waals surface area contributed by atoms with Crippen LogP contribution in [0.4, 0.5) is 5.69 Å². The van der Waals surface area contributed by atoms with Crippen LogP contribution in [0, 0.1) is 0 Å². The largest absolute Gasteiger partial charge is 0.399 e. The predicted octanol–water partition coefficient (Wildman–Crippen LogP) is 1.45. The average Bonchev–Trinajstić information content (AvgIpc) is 2.16. The van der Waals surface area contributed by atoms with Crippen molar-refractivity contribution in [3.05, 3.63) is 29.8 Å². The van der Waals surface area contributed by atoms with Crippen LogP contribution in [0.3, 0.4) is 0 Å². The molecule has 1 rings (SSSR count). The lowest BCUT2D eigenvalue weighted by Gasteiger charge is -2.18. The van der Waals surface area contributed by atoms with Gasteiger partial charge in [-0.1, -0.05) is 11.6 Å². The molecule has 0 aromatic heterocycles. The molecule has 4 nitrogen and oxygen atoms in total. The van der Waals surface area contributed by atoms with Gasteiger partial charge in [-0.3, -0.25) is 4.79 Å². The Morgan fingerprint density at radius 2 is 1.75 bits per heavy atom. The molecule has 1 aromatic carbocycles. The van der Waals surface area contributed by atoms with Gasteiger partial charge in [-0.2, -0.15) is 0 Å². The first-order valence-corrected chi connectivity index (χ1v) is 6.72. The zero-order chi connectivity index (χ0) is 12.6. The molecule has 0 bridgehead atoms. The third-order valence-corrected chi connectivity index (χ3v) is 4.87. The second kappa shape index (κ2) is 4.07. The normalized spacial score (nSPS) is 15.4. The highest BCUT2D eigenvalue weighted by atomic mass is 35.5. The number of carbonyl (C=O) groups is 1. The minimum atomic E-state index is -3.68. The molecule has 0 saturated heterocycles. The van der Waals surface area contributed by atoms with Crippen LogP contribution in [-0.4, -0.2) is 24.7 Å². The maximum atomic E-state index is 11.9. The van der Waals surface area contributed by atoms with E-state index >= 15 is 0 Å². The molecule has 0 aliphatic carbocycles. The lowest BCUT2D eigenvalue weighted by atomic mass is 10.1. The number of nitrogen functional groups attached to an aromatic ring is 1. The number of Topliss-reactive ketones (excluding diaryl/α,β-unsaturated/α-hetero) is 1. The molecule has 6 heteroatoms. The summed E-state index contributed by atoms with van der Waals surface area (Å²) in [6.07, 6.45) is 0.926. The number of benzene rings is 1. The maximum absolute atomic E-state index is 11.9. The van der Waals surface area contributed by atoms with Crippen molar-refractivity contribution in [2.75, 3.05) is 12.0 Å². The topological polar surface area (TPSA) is 77.2 Å². The highest BCUT2D eigenvalue weighted by molar-refractivity contribution is 7.94. The monoisotopic (exact) mass is 261 g/mol. The summed E-state index contributed by atoms with van der Waals surface area (Å²) < 4.78 is 20.8. The van der Waals surface area contributed by atoms with Crippen LogP contribution in [0.2, 0.25) is 0 Å². The van der Waals surface area contributed by atoms with Crippen molar-refractivity contribution in [3.8, 4) is 0 Å². The van der Waals surface area contributed by atoms with Gasteiger partial charge in [0.25, 0.3) is 0 Å². The summed E-state index contributed by atoms with van der Waals surface area (Å²) in [4.78, 5) is 11.9. The number of anilines is 1. The van der Waals surface area contributed by atoms with Gasteiger partial charge in [-0.15, -0.1) is 0 Å². The minimum absolute atomic E-state index is 0.220. The van der Waals surface area contributed by atoms with Crippen molar-refractivity contribution in [1.82, 2.24) is 0 Å². The number of alkyl halides is 1. The van der Waals surface area contributed by atoms with Gasteiger partial charge < -0.3 is 5.73 Å². The van der Waals surface area contributed by atoms with Crippen molar-refractivity contribution < 1.29 is 13.2 Å². The standard InChI is InChI=1S/C10H12ClNO3S/c1-10(11,16(2,14)15)9(13)7-3-5-8(12)6-4-7/h3-6H,12H2,1-2H3/t10-/m0/s1. The second-order valence-corrected chi connectivity index (χ2v) is 6.98. The quantitative estimate of drug-likeness (QED) is 0.508. The Kier molecular flexibility index (Phi) is 3.30. The number of hydrogen-bond donors (Lipinski definition) is 1. The summed E-state index contributed by atoms with van der Waals surface area (Å²) in [5.74, 6) is -0.656. The van der Waals surface area contributed by atoms with E-state index in [0.717, 1.165) is 6.26 Å². The lowest BCUT2D eigenvalue weighted by molar-refractivity contribution is 0.0978. The number of sulfone groups is 1. The van der Waals surface area contributed by atoms with Crippen LogP contribution < -0.4 is 5.73 Å². The first-order chi connectivity index (χ1) is 7.16. The van der Waals surface area contributed by atoms with Gasteiger partial charge in [0.05, 0.1) is 0 Å². The molecule has 0 radical (unpaired) electrons. The van der Waals surface area contributed by atoms with E-state index in [1.165, 1.54) is 31.2 Å². The Bertz CT molecular complexity index is 505. The van der Waals surface area contributed by atoms with Gasteiger partial charge in [0.2, 0.25) is 4.21 Å². The van der Waals surface area contributed by atoms with Gasteiger partial charge in [0.1, 0.15) is 0 Å². The Morgan fingerprint density at radius 3 is 2.12 bits per heavy atom. The number of halogens is 1. The fourth-order valence-corrected chi connectivity index (χ4v) is 1.62. The molecular weight excluding hydrogens is 250 g/mol. The van der Waals surface area contributed by atoms with Crippen molar-refractivity contribution >= 4 is 32.9 Å². The molecule has 16 heavy (non-hydrogen) atoms. The second-order valence-electron chi connectivity index (χ2n) is 3.64. The van der Waals surface area contributed by atoms with Crippen LogP contribution in [-0.2, 0) is 9.84 Å². The number of carbonyl (C=O) groups excluding carboxylic acids is 1. The first-order valence-electron chi connectivity index (χ1n) is 4.45. The zero-order valence-electron chi connectivity index (χ0n) is 8.90. The Balaban J connectivity index is 3.18. The van der Waals surface area contributed by atoms with Crippen LogP contribution in [0.25, 0.3) is 0 Å². The zero-order valence-corrected chi connectivity index (χ0v) is 10.5. The number of hydrogen-bond acceptors (Lipinski definition) is 4. The Morgan fingerprint density at radius 1 is 1.31 bits per heavy atom. The molecule has 1 aromatic rings. The number of ketones is 1. The highest BCUT2D eigenvalue weighted by Crippen LogP contribution is 2.26. The molecular formula is C10H12ClNO3S. The van der Waals surface area contributed by atoms with Crippen molar-refractivity contribution in [2.45, 2.75) is 11.1 Å². The Hall–Kier alpha value is -1.07. The average molecular weight is 262 g/mol. The SMILES string of the molecule is C[C@@](Cl)(C(=O)c1ccc(N)cc1)S(C)(=O)=O. The summed E-state index contributed by atoms with van der Waals surface area (Å²) >= 11 is 5.77. The minimum Gasteiger partial charge on any atom is -0.399 e. The third-order valence-electron chi connectivity index (χ3n) is 2.27. The van der Waals surface area contributed by atoms with Crippen molar-refractivity contribution in [1.29, 1.82) is 0 Å². The van der Waals surface area contributed by atoms with E-state index in [0.29, 0.717) is 5.69 Å². The van der Waals surface area contributed by atoms with Gasteiger partial charge in [0, 0.05) is 17.5 Å². The van der Waals surface area contributed by atoms with Gasteiger partial charge in [-0.25, -0.2) is 8.42 Å². The summed E-state index contributed by atoms with van der Waals surface area (Å²) in [6.45, 7) is 1.17. The van der Waals surface area contributed by atoms with E-state index in [1.807, 2.05) is 0 Å². The maximum Gasteiger partial charge on any atom is 0.204 e. The molecule has 0 fully saturated rings. The number of nitrogens with two attached hydrogens (primary N) is 1. The van der Waals surface area contributed by atoms with Crippen LogP contribution >= 0.6 is 11.6 Å². The van der Waals surface area contributed by atoms with Crippen LogP contribution in [0.15, 0.2) is 24.3 Å². The molecule has 0 spiro atoms. The summed E-state index contributed by atoms with van der Waals surface area (Å²) in [6, 6.07) is 5.93. The molecule has 0 saturated carbocycles. The molecule has 0 unspecified atom stereocenters. The molecule has 1 atom stereocenters. The van der Waals surface area contributed by atoms with Crippen LogP contribution in [0.1, 0.15) is 17.3 Å². The molecule has 2 N–H and O–H groups in total. The van der Waals surface area contributed by atoms with E-state index in [1.54, 1.807) is 0 Å². The predicted molar refractivity (Wildman–Crippen MR) is 64.3 cm³/mol. The van der Waals surface area contributed by atoms with Crippen LogP contribution in [0.5, 0.6) is 0 Å². The molecule has 0 aliphatic heterocycles. The van der Waals surface area contributed by atoms with E-state index in [9.17, 15) is 13.2 Å². The van der Waals surface area contributed by atoms with E-state index in [-0.39, 0.29) is 5.56 Å². The lowest BCUT2D eigenvalue weighted by Crippen LogP contribution is -2.37. The van der Waals surface area contributed by atoms with Crippen molar-refractivity contribution in [3.63, 3.8) is 0 Å². The highest BCUT2D eigenvalue weighted by Gasteiger charge is 2.41.